The molecule has 2 aliphatic heterocycles. The van der Waals surface area contributed by atoms with Crippen LogP contribution in [0.1, 0.15) is 24.0 Å². The van der Waals surface area contributed by atoms with Crippen molar-refractivity contribution in [2.75, 3.05) is 33.8 Å². The molecule has 2 fully saturated rings. The fourth-order valence-electron chi connectivity index (χ4n) is 3.77. The Bertz CT molecular complexity index is 662. The Hall–Kier alpha value is -1.96. The fourth-order valence-corrected chi connectivity index (χ4v) is 3.77. The van der Waals surface area contributed by atoms with Crippen molar-refractivity contribution in [1.82, 2.24) is 15.1 Å². The van der Waals surface area contributed by atoms with E-state index >= 15 is 0 Å². The molecule has 1 aromatic rings. The molecule has 148 valence electrons. The van der Waals surface area contributed by atoms with Gasteiger partial charge < -0.3 is 20.1 Å². The van der Waals surface area contributed by atoms with E-state index in [2.05, 4.69) is 10.2 Å². The molecule has 0 aromatic heterocycles. The minimum absolute atomic E-state index is 0.00891. The topological polar surface area (TPSA) is 82.1 Å². The highest BCUT2D eigenvalue weighted by atomic mass is 16.5. The average Bonchev–Trinajstić information content (AvgIpc) is 3.03. The first-order valence-corrected chi connectivity index (χ1v) is 9.48. The Morgan fingerprint density at radius 2 is 1.93 bits per heavy atom. The molecule has 7 nitrogen and oxygen atoms in total. The molecule has 3 rings (SSSR count). The van der Waals surface area contributed by atoms with Gasteiger partial charge in [0.05, 0.1) is 32.2 Å². The van der Waals surface area contributed by atoms with Crippen LogP contribution in [0.4, 0.5) is 0 Å². The summed E-state index contributed by atoms with van der Waals surface area (Å²) in [7, 11) is 3.51. The van der Waals surface area contributed by atoms with Crippen molar-refractivity contribution < 1.29 is 19.4 Å². The highest BCUT2D eigenvalue weighted by molar-refractivity contribution is 5.79. The molecule has 0 spiro atoms. The lowest BCUT2D eigenvalue weighted by Gasteiger charge is -2.35. The zero-order chi connectivity index (χ0) is 19.4. The maximum absolute atomic E-state index is 12.4. The standard InChI is InChI=1S/C20H29N3O4/c1-22(2)20(26)9-18-11-23-10-16(8-17(23)13-27-18)21-19(25)7-14-3-5-15(12-24)6-4-14/h3-6,16-18,24H,7-13H2,1-2H3,(H,21,25)/t16-,17+,18+/m1/s1. The van der Waals surface area contributed by atoms with Crippen LogP contribution < -0.4 is 5.32 Å². The molecule has 1 aromatic carbocycles. The minimum Gasteiger partial charge on any atom is -0.392 e. The molecular weight excluding hydrogens is 346 g/mol. The number of morpholine rings is 1. The highest BCUT2D eigenvalue weighted by Gasteiger charge is 2.38. The number of rotatable bonds is 6. The van der Waals surface area contributed by atoms with Gasteiger partial charge in [-0.25, -0.2) is 0 Å². The van der Waals surface area contributed by atoms with Crippen molar-refractivity contribution in [2.24, 2.45) is 0 Å². The molecule has 0 unspecified atom stereocenters. The number of benzene rings is 1. The van der Waals surface area contributed by atoms with Crippen LogP contribution in [0, 0.1) is 0 Å². The first-order valence-electron chi connectivity index (χ1n) is 9.48. The lowest BCUT2D eigenvalue weighted by molar-refractivity contribution is -0.134. The number of aliphatic hydroxyl groups excluding tert-OH is 1. The van der Waals surface area contributed by atoms with Crippen LogP contribution in [-0.2, 0) is 27.4 Å². The molecule has 0 saturated carbocycles. The number of ether oxygens (including phenoxy) is 1. The van der Waals surface area contributed by atoms with Crippen molar-refractivity contribution in [3.8, 4) is 0 Å². The predicted octanol–water partition coefficient (Wildman–Crippen LogP) is 0.158. The number of hydrogen-bond acceptors (Lipinski definition) is 5. The monoisotopic (exact) mass is 375 g/mol. The lowest BCUT2D eigenvalue weighted by atomic mass is 10.1. The zero-order valence-electron chi connectivity index (χ0n) is 16.1. The molecular formula is C20H29N3O4. The van der Waals surface area contributed by atoms with Crippen molar-refractivity contribution >= 4 is 11.8 Å². The molecule has 0 radical (unpaired) electrons. The van der Waals surface area contributed by atoms with Gasteiger partial charge >= 0.3 is 0 Å². The SMILES string of the molecule is CN(C)C(=O)C[C@H]1CN2C[C@H](NC(=O)Cc3ccc(CO)cc3)C[C@H]2CO1. The molecule has 2 amide bonds. The van der Waals surface area contributed by atoms with E-state index in [-0.39, 0.29) is 30.6 Å². The summed E-state index contributed by atoms with van der Waals surface area (Å²) in [4.78, 5) is 28.2. The lowest BCUT2D eigenvalue weighted by Crippen LogP contribution is -2.47. The predicted molar refractivity (Wildman–Crippen MR) is 101 cm³/mol. The Kier molecular flexibility index (Phi) is 6.46. The zero-order valence-corrected chi connectivity index (χ0v) is 16.1. The summed E-state index contributed by atoms with van der Waals surface area (Å²) in [6, 6.07) is 7.86. The van der Waals surface area contributed by atoms with Gasteiger partial charge in [0.15, 0.2) is 0 Å². The largest absolute Gasteiger partial charge is 0.392 e. The number of nitrogens with one attached hydrogen (secondary N) is 1. The van der Waals surface area contributed by atoms with E-state index in [1.54, 1.807) is 19.0 Å². The number of amides is 2. The van der Waals surface area contributed by atoms with Crippen LogP contribution in [0.15, 0.2) is 24.3 Å². The molecule has 2 aliphatic rings. The molecule has 0 aliphatic carbocycles. The first-order chi connectivity index (χ1) is 12.9. The van der Waals surface area contributed by atoms with Crippen LogP contribution in [0.25, 0.3) is 0 Å². The second-order valence-electron chi connectivity index (χ2n) is 7.71. The van der Waals surface area contributed by atoms with E-state index in [0.29, 0.717) is 25.5 Å². The van der Waals surface area contributed by atoms with Gasteiger partial charge in [-0.3, -0.25) is 14.5 Å². The Labute approximate surface area is 160 Å². The Morgan fingerprint density at radius 3 is 2.59 bits per heavy atom. The van der Waals surface area contributed by atoms with Gasteiger partial charge in [-0.2, -0.15) is 0 Å². The van der Waals surface area contributed by atoms with Crippen LogP contribution >= 0.6 is 0 Å². The van der Waals surface area contributed by atoms with Crippen LogP contribution in [-0.4, -0.2) is 78.7 Å². The van der Waals surface area contributed by atoms with Crippen molar-refractivity contribution in [3.63, 3.8) is 0 Å². The van der Waals surface area contributed by atoms with Crippen molar-refractivity contribution in [2.45, 2.75) is 44.1 Å². The number of nitrogens with zero attached hydrogens (tertiary/aromatic N) is 2. The minimum atomic E-state index is -0.0735. The Balaban J connectivity index is 1.46. The third-order valence-corrected chi connectivity index (χ3v) is 5.33. The summed E-state index contributed by atoms with van der Waals surface area (Å²) in [6.07, 6.45) is 1.54. The summed E-state index contributed by atoms with van der Waals surface area (Å²) in [5, 5.41) is 12.2. The molecule has 3 atom stereocenters. The number of hydrogen-bond donors (Lipinski definition) is 2. The first kappa shape index (κ1) is 19.8. The third-order valence-electron chi connectivity index (χ3n) is 5.33. The number of aliphatic hydroxyl groups is 1. The van der Waals surface area contributed by atoms with Gasteiger partial charge in [0.25, 0.3) is 0 Å². The molecule has 7 heteroatoms. The molecule has 2 heterocycles. The van der Waals surface area contributed by atoms with E-state index in [9.17, 15) is 9.59 Å². The fraction of sp³-hybridized carbons (Fsp3) is 0.600. The normalized spacial score (nSPS) is 25.1. The number of carbonyl (C=O) groups is 2. The Morgan fingerprint density at radius 1 is 1.22 bits per heavy atom. The van der Waals surface area contributed by atoms with Gasteiger partial charge in [-0.05, 0) is 17.5 Å². The smallest absolute Gasteiger partial charge is 0.224 e. The van der Waals surface area contributed by atoms with E-state index < -0.39 is 0 Å². The van der Waals surface area contributed by atoms with Crippen LogP contribution in [0.2, 0.25) is 0 Å². The maximum atomic E-state index is 12.4. The summed E-state index contributed by atoms with van der Waals surface area (Å²) < 4.78 is 5.86. The van der Waals surface area contributed by atoms with Crippen LogP contribution in [0.3, 0.4) is 0 Å². The number of fused-ring (bicyclic) bond motifs is 1. The van der Waals surface area contributed by atoms with Gasteiger partial charge in [-0.15, -0.1) is 0 Å². The maximum Gasteiger partial charge on any atom is 0.224 e. The van der Waals surface area contributed by atoms with Crippen molar-refractivity contribution in [3.05, 3.63) is 35.4 Å². The summed E-state index contributed by atoms with van der Waals surface area (Å²) in [6.45, 7) is 2.16. The third kappa shape index (κ3) is 5.28. The second kappa shape index (κ2) is 8.82. The summed E-state index contributed by atoms with van der Waals surface area (Å²) in [5.74, 6) is 0.0894. The van der Waals surface area contributed by atoms with Gasteiger partial charge in [-0.1, -0.05) is 24.3 Å². The molecule has 0 bridgehead atoms. The quantitative estimate of drug-likeness (QED) is 0.740. The number of carbonyl (C=O) groups excluding carboxylic acids is 2. The summed E-state index contributed by atoms with van der Waals surface area (Å²) >= 11 is 0. The van der Waals surface area contributed by atoms with E-state index in [4.69, 9.17) is 9.84 Å². The molecule has 2 saturated heterocycles. The molecule has 2 N–H and O–H groups in total. The van der Waals surface area contributed by atoms with E-state index in [1.165, 1.54) is 0 Å². The van der Waals surface area contributed by atoms with Crippen molar-refractivity contribution in [1.29, 1.82) is 0 Å². The van der Waals surface area contributed by atoms with E-state index in [1.807, 2.05) is 24.3 Å². The average molecular weight is 375 g/mol. The second-order valence-corrected chi connectivity index (χ2v) is 7.71. The summed E-state index contributed by atoms with van der Waals surface area (Å²) in [5.41, 5.74) is 1.78. The van der Waals surface area contributed by atoms with Gasteiger partial charge in [0.2, 0.25) is 11.8 Å². The molecule has 27 heavy (non-hydrogen) atoms. The van der Waals surface area contributed by atoms with Gasteiger partial charge in [0, 0.05) is 39.3 Å². The van der Waals surface area contributed by atoms with Gasteiger partial charge in [0.1, 0.15) is 0 Å². The highest BCUT2D eigenvalue weighted by Crippen LogP contribution is 2.24. The van der Waals surface area contributed by atoms with E-state index in [0.717, 1.165) is 30.6 Å². The van der Waals surface area contributed by atoms with Crippen LogP contribution in [0.5, 0.6) is 0 Å².